The minimum atomic E-state index is -0.229. The lowest BCUT2D eigenvalue weighted by Crippen LogP contribution is -2.24. The van der Waals surface area contributed by atoms with E-state index in [1.54, 1.807) is 0 Å². The molecule has 0 radical (unpaired) electrons. The van der Waals surface area contributed by atoms with Crippen molar-refractivity contribution in [2.45, 2.75) is 65.2 Å². The molecule has 4 nitrogen and oxygen atoms in total. The molecule has 5 heteroatoms. The Labute approximate surface area is 122 Å². The average molecular weight is 329 g/mol. The molecule has 2 unspecified atom stereocenters. The van der Waals surface area contributed by atoms with E-state index in [9.17, 15) is 4.79 Å². The van der Waals surface area contributed by atoms with Crippen LogP contribution in [0.5, 0.6) is 0 Å². The summed E-state index contributed by atoms with van der Waals surface area (Å²) in [5.41, 5.74) is 2.00. The molecule has 1 saturated heterocycles. The highest BCUT2D eigenvalue weighted by molar-refractivity contribution is 9.10. The minimum absolute atomic E-state index is 0.169. The Hall–Kier alpha value is -0.680. The highest BCUT2D eigenvalue weighted by Crippen LogP contribution is 2.26. The summed E-state index contributed by atoms with van der Waals surface area (Å²) >= 11 is 3.58. The SMILES string of the molecule is CCc1nn(CC)c(CC(=O)C2CCC(C)O2)c1Br. The molecule has 0 spiro atoms. The van der Waals surface area contributed by atoms with Crippen LogP contribution in [0.3, 0.4) is 0 Å². The van der Waals surface area contributed by atoms with Gasteiger partial charge in [-0.25, -0.2) is 0 Å². The van der Waals surface area contributed by atoms with Crippen molar-refractivity contribution in [3.63, 3.8) is 0 Å². The number of rotatable bonds is 5. The molecule has 2 rings (SSSR count). The molecule has 1 fully saturated rings. The van der Waals surface area contributed by atoms with Crippen molar-refractivity contribution in [2.24, 2.45) is 0 Å². The summed E-state index contributed by atoms with van der Waals surface area (Å²) in [7, 11) is 0. The molecule has 0 aliphatic carbocycles. The summed E-state index contributed by atoms with van der Waals surface area (Å²) in [5.74, 6) is 0.169. The molecule has 2 heterocycles. The molecular formula is C14H21BrN2O2. The number of hydrogen-bond donors (Lipinski definition) is 0. The summed E-state index contributed by atoms with van der Waals surface area (Å²) in [6, 6.07) is 0. The third-order valence-electron chi connectivity index (χ3n) is 3.63. The van der Waals surface area contributed by atoms with Crippen LogP contribution in [0.4, 0.5) is 0 Å². The average Bonchev–Trinajstić information content (AvgIpc) is 2.95. The molecule has 0 amide bonds. The lowest BCUT2D eigenvalue weighted by molar-refractivity contribution is -0.128. The van der Waals surface area contributed by atoms with Gasteiger partial charge in [0.15, 0.2) is 5.78 Å². The van der Waals surface area contributed by atoms with Crippen LogP contribution in [0.2, 0.25) is 0 Å². The zero-order chi connectivity index (χ0) is 14.0. The highest BCUT2D eigenvalue weighted by atomic mass is 79.9. The fourth-order valence-corrected chi connectivity index (χ4v) is 3.21. The Bertz CT molecular complexity index is 470. The van der Waals surface area contributed by atoms with Crippen LogP contribution >= 0.6 is 15.9 Å². The fourth-order valence-electron chi connectivity index (χ4n) is 2.50. The van der Waals surface area contributed by atoms with Crippen LogP contribution in [0, 0.1) is 0 Å². The van der Waals surface area contributed by atoms with E-state index in [2.05, 4.69) is 28.0 Å². The quantitative estimate of drug-likeness (QED) is 0.834. The second kappa shape index (κ2) is 6.18. The first-order chi connectivity index (χ1) is 9.06. The number of Topliss-reactive ketones (excluding diaryl/α,β-unsaturated/α-hetero) is 1. The molecule has 19 heavy (non-hydrogen) atoms. The van der Waals surface area contributed by atoms with Gasteiger partial charge in [0.1, 0.15) is 6.10 Å². The molecule has 0 N–H and O–H groups in total. The maximum atomic E-state index is 12.3. The van der Waals surface area contributed by atoms with Gasteiger partial charge in [0, 0.05) is 6.54 Å². The minimum Gasteiger partial charge on any atom is -0.367 e. The molecule has 1 aromatic heterocycles. The molecule has 106 valence electrons. The molecule has 1 aliphatic heterocycles. The van der Waals surface area contributed by atoms with E-state index in [0.29, 0.717) is 6.42 Å². The van der Waals surface area contributed by atoms with Gasteiger partial charge < -0.3 is 4.74 Å². The first-order valence-corrected chi connectivity index (χ1v) is 7.78. The molecule has 1 aromatic rings. The number of carbonyl (C=O) groups excluding carboxylic acids is 1. The highest BCUT2D eigenvalue weighted by Gasteiger charge is 2.29. The number of ether oxygens (including phenoxy) is 1. The summed E-state index contributed by atoms with van der Waals surface area (Å²) in [6.45, 7) is 6.92. The summed E-state index contributed by atoms with van der Waals surface area (Å²) in [5, 5.41) is 4.52. The topological polar surface area (TPSA) is 44.1 Å². The van der Waals surface area contributed by atoms with Crippen LogP contribution in [0.1, 0.15) is 45.0 Å². The summed E-state index contributed by atoms with van der Waals surface area (Å²) in [4.78, 5) is 12.3. The van der Waals surface area contributed by atoms with Crippen molar-refractivity contribution in [3.05, 3.63) is 15.9 Å². The lowest BCUT2D eigenvalue weighted by atomic mass is 10.1. The van der Waals surface area contributed by atoms with Gasteiger partial charge in [-0.15, -0.1) is 0 Å². The number of aromatic nitrogens is 2. The van der Waals surface area contributed by atoms with Crippen molar-refractivity contribution in [3.8, 4) is 0 Å². The zero-order valence-electron chi connectivity index (χ0n) is 11.8. The summed E-state index contributed by atoms with van der Waals surface area (Å²) in [6.07, 6.45) is 3.07. The first-order valence-electron chi connectivity index (χ1n) is 6.99. The van der Waals surface area contributed by atoms with Crippen molar-refractivity contribution in [1.29, 1.82) is 0 Å². The number of nitrogens with zero attached hydrogens (tertiary/aromatic N) is 2. The molecular weight excluding hydrogens is 308 g/mol. The summed E-state index contributed by atoms with van der Waals surface area (Å²) < 4.78 is 8.55. The van der Waals surface area contributed by atoms with E-state index in [1.807, 2.05) is 18.5 Å². The van der Waals surface area contributed by atoms with Crippen LogP contribution in [-0.2, 0) is 28.9 Å². The number of hydrogen-bond acceptors (Lipinski definition) is 3. The van der Waals surface area contributed by atoms with Gasteiger partial charge in [-0.05, 0) is 49.0 Å². The van der Waals surface area contributed by atoms with Gasteiger partial charge in [0.05, 0.1) is 28.4 Å². The van der Waals surface area contributed by atoms with Crippen molar-refractivity contribution in [2.75, 3.05) is 0 Å². The first kappa shape index (κ1) is 14.7. The number of aryl methyl sites for hydroxylation is 2. The Morgan fingerprint density at radius 1 is 1.47 bits per heavy atom. The number of halogens is 1. The van der Waals surface area contributed by atoms with E-state index in [4.69, 9.17) is 4.74 Å². The van der Waals surface area contributed by atoms with E-state index < -0.39 is 0 Å². The third-order valence-corrected chi connectivity index (χ3v) is 4.54. The van der Waals surface area contributed by atoms with Crippen molar-refractivity contribution >= 4 is 21.7 Å². The van der Waals surface area contributed by atoms with Crippen molar-refractivity contribution < 1.29 is 9.53 Å². The van der Waals surface area contributed by atoms with Crippen LogP contribution in [0.25, 0.3) is 0 Å². The molecule has 1 aliphatic rings. The molecule has 2 atom stereocenters. The fraction of sp³-hybridized carbons (Fsp3) is 0.714. The van der Waals surface area contributed by atoms with E-state index in [0.717, 1.165) is 41.7 Å². The smallest absolute Gasteiger partial charge is 0.167 e. The second-order valence-electron chi connectivity index (χ2n) is 5.03. The van der Waals surface area contributed by atoms with Gasteiger partial charge in [0.25, 0.3) is 0 Å². The predicted molar refractivity (Wildman–Crippen MR) is 77.3 cm³/mol. The van der Waals surface area contributed by atoms with E-state index in [1.165, 1.54) is 0 Å². The molecule has 0 aromatic carbocycles. The van der Waals surface area contributed by atoms with Gasteiger partial charge in [0.2, 0.25) is 0 Å². The standard InChI is InChI=1S/C14H21BrN2O2/c1-4-10-14(15)11(17(5-2)16-10)8-12(18)13-7-6-9(3)19-13/h9,13H,4-8H2,1-3H3. The Morgan fingerprint density at radius 3 is 2.74 bits per heavy atom. The van der Waals surface area contributed by atoms with Crippen LogP contribution < -0.4 is 0 Å². The van der Waals surface area contributed by atoms with Gasteiger partial charge in [-0.1, -0.05) is 6.92 Å². The van der Waals surface area contributed by atoms with Gasteiger partial charge in [-0.2, -0.15) is 5.10 Å². The largest absolute Gasteiger partial charge is 0.367 e. The number of carbonyl (C=O) groups is 1. The zero-order valence-corrected chi connectivity index (χ0v) is 13.4. The van der Waals surface area contributed by atoms with E-state index in [-0.39, 0.29) is 18.0 Å². The van der Waals surface area contributed by atoms with Crippen LogP contribution in [0.15, 0.2) is 4.47 Å². The lowest BCUT2D eigenvalue weighted by Gasteiger charge is -2.11. The van der Waals surface area contributed by atoms with Gasteiger partial charge in [-0.3, -0.25) is 9.48 Å². The second-order valence-corrected chi connectivity index (χ2v) is 5.83. The maximum Gasteiger partial charge on any atom is 0.167 e. The Morgan fingerprint density at radius 2 is 2.21 bits per heavy atom. The van der Waals surface area contributed by atoms with Crippen molar-refractivity contribution in [1.82, 2.24) is 9.78 Å². The van der Waals surface area contributed by atoms with Gasteiger partial charge >= 0.3 is 0 Å². The maximum absolute atomic E-state index is 12.3. The Balaban J connectivity index is 2.14. The number of ketones is 1. The monoisotopic (exact) mass is 328 g/mol. The van der Waals surface area contributed by atoms with E-state index >= 15 is 0 Å². The molecule has 0 saturated carbocycles. The van der Waals surface area contributed by atoms with Crippen LogP contribution in [-0.4, -0.2) is 27.8 Å². The third kappa shape index (κ3) is 3.08. The normalized spacial score (nSPS) is 22.9. The predicted octanol–water partition coefficient (Wildman–Crippen LogP) is 2.91. The Kier molecular flexibility index (Phi) is 4.79. The molecule has 0 bridgehead atoms.